The lowest BCUT2D eigenvalue weighted by Crippen LogP contribution is -2.34. The minimum atomic E-state index is 0.255. The summed E-state index contributed by atoms with van der Waals surface area (Å²) in [6.45, 7) is 7.75. The van der Waals surface area contributed by atoms with Gasteiger partial charge in [0, 0.05) is 32.6 Å². The molecular weight excluding hydrogens is 310 g/mol. The first-order chi connectivity index (χ1) is 8.86. The van der Waals surface area contributed by atoms with E-state index < -0.39 is 0 Å². The number of amidine groups is 1. The zero-order chi connectivity index (χ0) is 14.6. The Morgan fingerprint density at radius 3 is 2.63 bits per heavy atom. The largest absolute Gasteiger partial charge is 0.409 e. The smallest absolute Gasteiger partial charge is 0.140 e. The third-order valence-electron chi connectivity index (χ3n) is 3.13. The van der Waals surface area contributed by atoms with Gasteiger partial charge >= 0.3 is 0 Å². The predicted octanol–water partition coefficient (Wildman–Crippen LogP) is 1.84. The van der Waals surface area contributed by atoms with E-state index in [1.807, 2.05) is 18.7 Å². The van der Waals surface area contributed by atoms with Crippen molar-refractivity contribution in [3.63, 3.8) is 0 Å². The van der Waals surface area contributed by atoms with E-state index in [0.29, 0.717) is 12.5 Å². The van der Waals surface area contributed by atoms with Gasteiger partial charge in [-0.25, -0.2) is 0 Å². The first kappa shape index (κ1) is 16.0. The van der Waals surface area contributed by atoms with E-state index in [9.17, 15) is 0 Å². The summed E-state index contributed by atoms with van der Waals surface area (Å²) in [5, 5.41) is 16.0. The number of hydrogen-bond donors (Lipinski definition) is 2. The second-order valence-electron chi connectivity index (χ2n) is 4.88. The van der Waals surface area contributed by atoms with Gasteiger partial charge in [0.15, 0.2) is 0 Å². The van der Waals surface area contributed by atoms with Gasteiger partial charge in [-0.05, 0) is 36.7 Å². The van der Waals surface area contributed by atoms with Gasteiger partial charge in [-0.3, -0.25) is 9.58 Å². The Hall–Kier alpha value is -1.08. The molecular formula is C12H22BrN5O. The number of halogens is 1. The Morgan fingerprint density at radius 2 is 2.21 bits per heavy atom. The lowest BCUT2D eigenvalue weighted by molar-refractivity contribution is 0.212. The van der Waals surface area contributed by atoms with E-state index in [0.717, 1.165) is 29.0 Å². The van der Waals surface area contributed by atoms with Crippen LogP contribution in [0.3, 0.4) is 0 Å². The van der Waals surface area contributed by atoms with Crippen LogP contribution in [0.5, 0.6) is 0 Å². The standard InChI is InChI=1S/C12H22BrN5O/c1-8(2)18(6-5-11(14)16-19)7-10-12(13)9(3)15-17(10)4/h8,19H,5-7H2,1-4H3,(H2,14,16). The normalized spacial score (nSPS) is 12.7. The topological polar surface area (TPSA) is 79.7 Å². The summed E-state index contributed by atoms with van der Waals surface area (Å²) >= 11 is 3.57. The van der Waals surface area contributed by atoms with Crippen LogP contribution < -0.4 is 5.73 Å². The molecule has 0 aliphatic heterocycles. The van der Waals surface area contributed by atoms with E-state index in [1.165, 1.54) is 0 Å². The zero-order valence-corrected chi connectivity index (χ0v) is 13.5. The summed E-state index contributed by atoms with van der Waals surface area (Å²) in [6.07, 6.45) is 0.545. The quantitative estimate of drug-likeness (QED) is 0.361. The number of nitrogens with two attached hydrogens (primary N) is 1. The highest BCUT2D eigenvalue weighted by Crippen LogP contribution is 2.22. The van der Waals surface area contributed by atoms with Gasteiger partial charge < -0.3 is 10.9 Å². The second-order valence-corrected chi connectivity index (χ2v) is 5.67. The molecule has 0 aliphatic rings. The first-order valence-corrected chi connectivity index (χ1v) is 7.04. The molecule has 0 spiro atoms. The third kappa shape index (κ3) is 4.21. The molecule has 19 heavy (non-hydrogen) atoms. The highest BCUT2D eigenvalue weighted by molar-refractivity contribution is 9.10. The van der Waals surface area contributed by atoms with Crippen LogP contribution in [0.15, 0.2) is 9.63 Å². The van der Waals surface area contributed by atoms with Crippen molar-refractivity contribution in [2.75, 3.05) is 6.54 Å². The van der Waals surface area contributed by atoms with E-state index in [2.05, 4.69) is 44.9 Å². The van der Waals surface area contributed by atoms with Crippen LogP contribution in [0.2, 0.25) is 0 Å². The number of hydrogen-bond acceptors (Lipinski definition) is 4. The molecule has 0 aliphatic carbocycles. The maximum Gasteiger partial charge on any atom is 0.140 e. The van der Waals surface area contributed by atoms with Gasteiger partial charge in [0.2, 0.25) is 0 Å². The molecule has 7 heteroatoms. The molecule has 108 valence electrons. The third-order valence-corrected chi connectivity index (χ3v) is 4.16. The maximum absolute atomic E-state index is 8.59. The minimum Gasteiger partial charge on any atom is -0.409 e. The van der Waals surface area contributed by atoms with Crippen molar-refractivity contribution in [3.05, 3.63) is 15.9 Å². The SMILES string of the molecule is Cc1nn(C)c(CN(CCC(N)=NO)C(C)C)c1Br. The van der Waals surface area contributed by atoms with Crippen molar-refractivity contribution >= 4 is 21.8 Å². The number of oxime groups is 1. The van der Waals surface area contributed by atoms with Crippen LogP contribution in [0.1, 0.15) is 31.7 Å². The molecule has 0 unspecified atom stereocenters. The second kappa shape index (κ2) is 6.91. The molecule has 0 aromatic carbocycles. The number of aromatic nitrogens is 2. The Morgan fingerprint density at radius 1 is 1.58 bits per heavy atom. The average Bonchev–Trinajstić information content (AvgIpc) is 2.59. The molecule has 3 N–H and O–H groups in total. The Kier molecular flexibility index (Phi) is 5.81. The molecule has 0 saturated carbocycles. The van der Waals surface area contributed by atoms with Crippen molar-refractivity contribution in [2.24, 2.45) is 17.9 Å². The van der Waals surface area contributed by atoms with Gasteiger partial charge in [-0.2, -0.15) is 5.10 Å². The molecule has 0 atom stereocenters. The van der Waals surface area contributed by atoms with Crippen LogP contribution in [0, 0.1) is 6.92 Å². The fraction of sp³-hybridized carbons (Fsp3) is 0.667. The lowest BCUT2D eigenvalue weighted by atomic mass is 10.2. The van der Waals surface area contributed by atoms with Crippen molar-refractivity contribution in [1.29, 1.82) is 0 Å². The highest BCUT2D eigenvalue weighted by atomic mass is 79.9. The molecule has 0 radical (unpaired) electrons. The summed E-state index contributed by atoms with van der Waals surface area (Å²) in [7, 11) is 1.94. The zero-order valence-electron chi connectivity index (χ0n) is 11.9. The molecule has 1 aromatic rings. The molecule has 1 rings (SSSR count). The fourth-order valence-electron chi connectivity index (χ4n) is 1.87. The van der Waals surface area contributed by atoms with Crippen molar-refractivity contribution < 1.29 is 5.21 Å². The van der Waals surface area contributed by atoms with Crippen LogP contribution >= 0.6 is 15.9 Å². The van der Waals surface area contributed by atoms with E-state index in [1.54, 1.807) is 0 Å². The Balaban J connectivity index is 2.78. The van der Waals surface area contributed by atoms with Crippen LogP contribution in [-0.4, -0.2) is 38.3 Å². The molecule has 1 aromatic heterocycles. The summed E-state index contributed by atoms with van der Waals surface area (Å²) in [5.41, 5.74) is 7.64. The molecule has 0 saturated heterocycles. The van der Waals surface area contributed by atoms with Crippen LogP contribution in [0.25, 0.3) is 0 Å². The molecule has 0 amide bonds. The number of rotatable bonds is 6. The molecule has 6 nitrogen and oxygen atoms in total. The molecule has 0 bridgehead atoms. The maximum atomic E-state index is 8.59. The Labute approximate surface area is 122 Å². The fourth-order valence-corrected chi connectivity index (χ4v) is 2.33. The van der Waals surface area contributed by atoms with Crippen LogP contribution in [-0.2, 0) is 13.6 Å². The van der Waals surface area contributed by atoms with Gasteiger partial charge in [-0.1, -0.05) is 5.16 Å². The molecule has 1 heterocycles. The predicted molar refractivity (Wildman–Crippen MR) is 79.2 cm³/mol. The van der Waals surface area contributed by atoms with Gasteiger partial charge in [0.1, 0.15) is 5.84 Å². The average molecular weight is 332 g/mol. The van der Waals surface area contributed by atoms with Gasteiger partial charge in [0.05, 0.1) is 15.9 Å². The monoisotopic (exact) mass is 331 g/mol. The number of aryl methyl sites for hydroxylation is 2. The summed E-state index contributed by atoms with van der Waals surface area (Å²) in [5.74, 6) is 0.255. The van der Waals surface area contributed by atoms with E-state index in [-0.39, 0.29) is 5.84 Å². The van der Waals surface area contributed by atoms with Gasteiger partial charge in [-0.15, -0.1) is 0 Å². The first-order valence-electron chi connectivity index (χ1n) is 6.25. The Bertz CT molecular complexity index is 455. The van der Waals surface area contributed by atoms with E-state index >= 15 is 0 Å². The number of nitrogens with zero attached hydrogens (tertiary/aromatic N) is 4. The van der Waals surface area contributed by atoms with Gasteiger partial charge in [0.25, 0.3) is 0 Å². The summed E-state index contributed by atoms with van der Waals surface area (Å²) in [6, 6.07) is 0.369. The van der Waals surface area contributed by atoms with E-state index in [4.69, 9.17) is 10.9 Å². The van der Waals surface area contributed by atoms with Crippen molar-refractivity contribution in [2.45, 2.75) is 39.8 Å². The van der Waals surface area contributed by atoms with Crippen molar-refractivity contribution in [1.82, 2.24) is 14.7 Å². The summed E-state index contributed by atoms with van der Waals surface area (Å²) < 4.78 is 2.93. The molecule has 0 fully saturated rings. The minimum absolute atomic E-state index is 0.255. The van der Waals surface area contributed by atoms with Crippen molar-refractivity contribution in [3.8, 4) is 0 Å². The van der Waals surface area contributed by atoms with Crippen LogP contribution in [0.4, 0.5) is 0 Å². The lowest BCUT2D eigenvalue weighted by Gasteiger charge is -2.26. The highest BCUT2D eigenvalue weighted by Gasteiger charge is 2.17. The summed E-state index contributed by atoms with van der Waals surface area (Å²) in [4.78, 5) is 2.26.